The molecule has 0 amide bonds. The number of aromatic nitrogens is 2. The first-order chi connectivity index (χ1) is 6.72. The molecule has 0 fully saturated rings. The molecule has 76 valence electrons. The maximum Gasteiger partial charge on any atom is 0.224 e. The largest absolute Gasteiger partial charge is 0.379 e. The maximum atomic E-state index is 5.83. The van der Waals surface area contributed by atoms with Gasteiger partial charge < -0.3 is 10.2 Å². The van der Waals surface area contributed by atoms with E-state index in [0.717, 1.165) is 36.8 Å². The Morgan fingerprint density at radius 3 is 3.00 bits per heavy atom. The quantitative estimate of drug-likeness (QED) is 0.720. The number of nitrogens with one attached hydrogen (secondary N) is 1. The summed E-state index contributed by atoms with van der Waals surface area (Å²) in [5.74, 6) is 0.927. The van der Waals surface area contributed by atoms with E-state index in [9.17, 15) is 0 Å². The minimum atomic E-state index is 0.323. The SMILES string of the molecule is CCN1CCNc2c(C)nc(Cl)nc21. The van der Waals surface area contributed by atoms with Crippen molar-refractivity contribution in [2.75, 3.05) is 29.9 Å². The molecular weight excluding hydrogens is 200 g/mol. The van der Waals surface area contributed by atoms with Crippen molar-refractivity contribution in [3.63, 3.8) is 0 Å². The monoisotopic (exact) mass is 212 g/mol. The smallest absolute Gasteiger partial charge is 0.224 e. The van der Waals surface area contributed by atoms with Crippen LogP contribution in [0.15, 0.2) is 0 Å². The second-order valence-electron chi connectivity index (χ2n) is 3.28. The molecule has 0 bridgehead atoms. The van der Waals surface area contributed by atoms with Gasteiger partial charge in [0.1, 0.15) is 0 Å². The first-order valence-corrected chi connectivity index (χ1v) is 5.13. The summed E-state index contributed by atoms with van der Waals surface area (Å²) in [6.45, 7) is 6.91. The number of hydrogen-bond acceptors (Lipinski definition) is 4. The van der Waals surface area contributed by atoms with Gasteiger partial charge in [-0.2, -0.15) is 4.98 Å². The Bertz CT molecular complexity index is 353. The summed E-state index contributed by atoms with van der Waals surface area (Å²) >= 11 is 5.83. The normalized spacial score (nSPS) is 14.9. The minimum absolute atomic E-state index is 0.323. The summed E-state index contributed by atoms with van der Waals surface area (Å²) in [4.78, 5) is 10.6. The van der Waals surface area contributed by atoms with Crippen LogP contribution in [0.2, 0.25) is 5.28 Å². The zero-order chi connectivity index (χ0) is 10.1. The third-order valence-electron chi connectivity index (χ3n) is 2.41. The lowest BCUT2D eigenvalue weighted by Gasteiger charge is -2.30. The molecule has 0 spiro atoms. The molecule has 0 aliphatic carbocycles. The number of halogens is 1. The summed E-state index contributed by atoms with van der Waals surface area (Å²) in [5.41, 5.74) is 1.93. The van der Waals surface area contributed by atoms with Gasteiger partial charge in [0, 0.05) is 19.6 Å². The van der Waals surface area contributed by atoms with Crippen LogP contribution < -0.4 is 10.2 Å². The maximum absolute atomic E-state index is 5.83. The van der Waals surface area contributed by atoms with Gasteiger partial charge in [0.2, 0.25) is 5.28 Å². The Morgan fingerprint density at radius 2 is 2.29 bits per heavy atom. The van der Waals surface area contributed by atoms with Crippen LogP contribution in [-0.4, -0.2) is 29.6 Å². The van der Waals surface area contributed by atoms with Crippen molar-refractivity contribution in [1.82, 2.24) is 9.97 Å². The average molecular weight is 213 g/mol. The lowest BCUT2D eigenvalue weighted by molar-refractivity contribution is 0.788. The highest BCUT2D eigenvalue weighted by Gasteiger charge is 2.19. The first kappa shape index (κ1) is 9.52. The van der Waals surface area contributed by atoms with E-state index >= 15 is 0 Å². The average Bonchev–Trinajstić information content (AvgIpc) is 2.17. The fourth-order valence-electron chi connectivity index (χ4n) is 1.69. The molecule has 1 aromatic rings. The van der Waals surface area contributed by atoms with E-state index in [4.69, 9.17) is 11.6 Å². The van der Waals surface area contributed by atoms with E-state index in [0.29, 0.717) is 5.28 Å². The molecule has 0 aromatic carbocycles. The highest BCUT2D eigenvalue weighted by Crippen LogP contribution is 2.29. The third-order valence-corrected chi connectivity index (χ3v) is 2.58. The minimum Gasteiger partial charge on any atom is -0.379 e. The van der Waals surface area contributed by atoms with E-state index in [1.54, 1.807) is 0 Å². The van der Waals surface area contributed by atoms with Gasteiger partial charge in [0.25, 0.3) is 0 Å². The Balaban J connectivity index is 2.51. The molecule has 5 heteroatoms. The van der Waals surface area contributed by atoms with E-state index in [1.807, 2.05) is 6.92 Å². The molecule has 0 unspecified atom stereocenters. The molecule has 1 aromatic heterocycles. The van der Waals surface area contributed by atoms with Crippen molar-refractivity contribution in [3.05, 3.63) is 11.0 Å². The number of hydrogen-bond donors (Lipinski definition) is 1. The van der Waals surface area contributed by atoms with Crippen LogP contribution in [0.1, 0.15) is 12.6 Å². The molecule has 1 N–H and O–H groups in total. The van der Waals surface area contributed by atoms with Crippen LogP contribution in [0, 0.1) is 6.92 Å². The lowest BCUT2D eigenvalue weighted by Crippen LogP contribution is -2.35. The van der Waals surface area contributed by atoms with E-state index < -0.39 is 0 Å². The van der Waals surface area contributed by atoms with Gasteiger partial charge >= 0.3 is 0 Å². The molecule has 0 saturated heterocycles. The fourth-order valence-corrected chi connectivity index (χ4v) is 1.90. The van der Waals surface area contributed by atoms with Crippen LogP contribution in [-0.2, 0) is 0 Å². The van der Waals surface area contributed by atoms with Gasteiger partial charge in [-0.3, -0.25) is 0 Å². The standard InChI is InChI=1S/C9H13ClN4/c1-3-14-5-4-11-7-6(2)12-9(10)13-8(7)14/h11H,3-5H2,1-2H3. The van der Waals surface area contributed by atoms with Crippen molar-refractivity contribution in [1.29, 1.82) is 0 Å². The zero-order valence-corrected chi connectivity index (χ0v) is 9.10. The first-order valence-electron chi connectivity index (χ1n) is 4.75. The van der Waals surface area contributed by atoms with Crippen LogP contribution in [0.25, 0.3) is 0 Å². The van der Waals surface area contributed by atoms with Crippen molar-refractivity contribution in [2.24, 2.45) is 0 Å². The molecule has 0 radical (unpaired) electrons. The summed E-state index contributed by atoms with van der Waals surface area (Å²) in [7, 11) is 0. The second-order valence-corrected chi connectivity index (χ2v) is 3.62. The van der Waals surface area contributed by atoms with Crippen molar-refractivity contribution in [3.8, 4) is 0 Å². The predicted octanol–water partition coefficient (Wildman–Crippen LogP) is 1.69. The number of nitrogens with zero attached hydrogens (tertiary/aromatic N) is 3. The predicted molar refractivity (Wildman–Crippen MR) is 58.2 cm³/mol. The van der Waals surface area contributed by atoms with Crippen LogP contribution >= 0.6 is 11.6 Å². The van der Waals surface area contributed by atoms with Gasteiger partial charge in [0.15, 0.2) is 5.82 Å². The molecule has 2 heterocycles. The van der Waals surface area contributed by atoms with Gasteiger partial charge in [-0.05, 0) is 25.4 Å². The molecule has 2 rings (SSSR count). The van der Waals surface area contributed by atoms with Crippen LogP contribution in [0.4, 0.5) is 11.5 Å². The Kier molecular flexibility index (Phi) is 2.46. The highest BCUT2D eigenvalue weighted by molar-refractivity contribution is 6.28. The second kappa shape index (κ2) is 3.61. The topological polar surface area (TPSA) is 41.0 Å². The molecular formula is C9H13ClN4. The number of fused-ring (bicyclic) bond motifs is 1. The number of aryl methyl sites for hydroxylation is 1. The Labute approximate surface area is 88.3 Å². The summed E-state index contributed by atoms with van der Waals surface area (Å²) < 4.78 is 0. The van der Waals surface area contributed by atoms with Crippen molar-refractivity contribution < 1.29 is 0 Å². The summed E-state index contributed by atoms with van der Waals surface area (Å²) in [6, 6.07) is 0. The number of rotatable bonds is 1. The van der Waals surface area contributed by atoms with Crippen molar-refractivity contribution in [2.45, 2.75) is 13.8 Å². The molecule has 14 heavy (non-hydrogen) atoms. The number of anilines is 2. The van der Waals surface area contributed by atoms with E-state index in [1.165, 1.54) is 0 Å². The number of likely N-dealkylation sites (N-methyl/N-ethyl adjacent to an activating group) is 1. The van der Waals surface area contributed by atoms with Gasteiger partial charge in [-0.15, -0.1) is 0 Å². The third kappa shape index (κ3) is 1.50. The highest BCUT2D eigenvalue weighted by atomic mass is 35.5. The Hall–Kier alpha value is -1.03. The molecule has 0 saturated carbocycles. The van der Waals surface area contributed by atoms with Gasteiger partial charge in [0.05, 0.1) is 11.4 Å². The van der Waals surface area contributed by atoms with Gasteiger partial charge in [-0.25, -0.2) is 4.98 Å². The summed E-state index contributed by atoms with van der Waals surface area (Å²) in [5, 5.41) is 3.62. The summed E-state index contributed by atoms with van der Waals surface area (Å²) in [6.07, 6.45) is 0. The van der Waals surface area contributed by atoms with E-state index in [2.05, 4.69) is 27.1 Å². The molecule has 1 aliphatic heterocycles. The molecule has 0 atom stereocenters. The molecule has 4 nitrogen and oxygen atoms in total. The lowest BCUT2D eigenvalue weighted by atomic mass is 10.2. The fraction of sp³-hybridized carbons (Fsp3) is 0.556. The van der Waals surface area contributed by atoms with Crippen LogP contribution in [0.3, 0.4) is 0 Å². The Morgan fingerprint density at radius 1 is 1.50 bits per heavy atom. The van der Waals surface area contributed by atoms with Crippen molar-refractivity contribution >= 4 is 23.1 Å². The van der Waals surface area contributed by atoms with Crippen LogP contribution in [0.5, 0.6) is 0 Å². The van der Waals surface area contributed by atoms with E-state index in [-0.39, 0.29) is 0 Å². The molecule has 1 aliphatic rings. The zero-order valence-electron chi connectivity index (χ0n) is 8.34. The van der Waals surface area contributed by atoms with Gasteiger partial charge in [-0.1, -0.05) is 0 Å².